The Labute approximate surface area is 180 Å². The van der Waals surface area contributed by atoms with Gasteiger partial charge in [0.25, 0.3) is 0 Å². The number of nitrogens with two attached hydrogens (primary N) is 1. The zero-order chi connectivity index (χ0) is 22.3. The molecule has 0 amide bonds. The van der Waals surface area contributed by atoms with Crippen LogP contribution < -0.4 is 11.1 Å². The van der Waals surface area contributed by atoms with Crippen LogP contribution in [0.2, 0.25) is 0 Å². The maximum absolute atomic E-state index is 5.90. The van der Waals surface area contributed by atoms with Gasteiger partial charge in [-0.1, -0.05) is 82.5 Å². The molecule has 0 aromatic rings. The molecule has 0 saturated carbocycles. The molecule has 1 rings (SSSR count). The molecule has 29 heavy (non-hydrogen) atoms. The van der Waals surface area contributed by atoms with Crippen molar-refractivity contribution in [3.05, 3.63) is 73.2 Å². The number of hydrogen-bond donors (Lipinski definition) is 2. The lowest BCUT2D eigenvalue weighted by atomic mass is 9.90. The third kappa shape index (κ3) is 16.6. The first-order valence-corrected chi connectivity index (χ1v) is 10.7. The predicted octanol–water partition coefficient (Wildman–Crippen LogP) is 6.58. The van der Waals surface area contributed by atoms with Gasteiger partial charge in [-0.2, -0.15) is 0 Å². The van der Waals surface area contributed by atoms with Crippen LogP contribution in [0.5, 0.6) is 0 Å². The summed E-state index contributed by atoms with van der Waals surface area (Å²) in [6.45, 7) is 22.9. The Morgan fingerprint density at radius 1 is 1.28 bits per heavy atom. The summed E-state index contributed by atoms with van der Waals surface area (Å²) in [6, 6.07) is 0.0346. The minimum atomic E-state index is 0.0346. The van der Waals surface area contributed by atoms with Crippen molar-refractivity contribution in [3.63, 3.8) is 0 Å². The zero-order valence-corrected chi connectivity index (χ0v) is 19.5. The second-order valence-corrected chi connectivity index (χ2v) is 8.90. The molecule has 0 fully saturated rings. The largest absolute Gasteiger partial charge is 0.401 e. The molecule has 0 heterocycles. The first-order valence-electron chi connectivity index (χ1n) is 10.7. The molecule has 3 nitrogen and oxygen atoms in total. The van der Waals surface area contributed by atoms with Gasteiger partial charge < -0.3 is 15.8 Å². The van der Waals surface area contributed by atoms with Crippen molar-refractivity contribution < 1.29 is 4.74 Å². The standard InChI is InChI=1S/C18H32N2O.C8H12/c1-14(13-18(3,4)5)20-17(15(2)19)11-12-21-16-9-7-6-8-10-16;1-4-5-6-7-8(2)3/h7,9,16-17,20H,1-2,6,8,10-13,19H2,3-5H3;4-7H,2H2,1,3H3/b;5-4-,7-6-. The quantitative estimate of drug-likeness (QED) is 0.322. The van der Waals surface area contributed by atoms with Crippen LogP contribution in [0, 0.1) is 5.41 Å². The van der Waals surface area contributed by atoms with Crippen molar-refractivity contribution in [1.29, 1.82) is 0 Å². The molecule has 164 valence electrons. The normalized spacial score (nSPS) is 17.6. The highest BCUT2D eigenvalue weighted by Gasteiger charge is 2.17. The lowest BCUT2D eigenvalue weighted by Crippen LogP contribution is -2.35. The van der Waals surface area contributed by atoms with Crippen LogP contribution in [0.25, 0.3) is 0 Å². The van der Waals surface area contributed by atoms with E-state index >= 15 is 0 Å². The molecule has 0 bridgehead atoms. The van der Waals surface area contributed by atoms with Crippen molar-refractivity contribution in [1.82, 2.24) is 5.32 Å². The van der Waals surface area contributed by atoms with E-state index in [0.29, 0.717) is 12.3 Å². The monoisotopic (exact) mass is 400 g/mol. The molecule has 1 aliphatic carbocycles. The highest BCUT2D eigenvalue weighted by atomic mass is 16.5. The van der Waals surface area contributed by atoms with Crippen molar-refractivity contribution in [2.45, 2.75) is 78.9 Å². The molecule has 1 aliphatic rings. The fourth-order valence-corrected chi connectivity index (χ4v) is 2.88. The third-order valence-corrected chi connectivity index (χ3v) is 4.20. The summed E-state index contributed by atoms with van der Waals surface area (Å²) in [5.74, 6) is 0. The summed E-state index contributed by atoms with van der Waals surface area (Å²) in [5.41, 5.74) is 8.86. The Hall–Kier alpha value is -2.00. The van der Waals surface area contributed by atoms with Gasteiger partial charge in [0.2, 0.25) is 0 Å². The maximum atomic E-state index is 5.90. The van der Waals surface area contributed by atoms with E-state index in [1.807, 2.05) is 38.2 Å². The number of rotatable bonds is 10. The summed E-state index contributed by atoms with van der Waals surface area (Å²) >= 11 is 0. The van der Waals surface area contributed by atoms with E-state index in [0.717, 1.165) is 30.5 Å². The molecule has 3 N–H and O–H groups in total. The second kappa shape index (κ2) is 14.9. The number of allylic oxidation sites excluding steroid dienone is 7. The predicted molar refractivity (Wildman–Crippen MR) is 130 cm³/mol. The number of ether oxygens (including phenoxy) is 1. The van der Waals surface area contributed by atoms with Gasteiger partial charge in [0.1, 0.15) is 0 Å². The zero-order valence-electron chi connectivity index (χ0n) is 19.5. The van der Waals surface area contributed by atoms with Crippen LogP contribution in [0.1, 0.15) is 66.7 Å². The first kappa shape index (κ1) is 27.0. The topological polar surface area (TPSA) is 47.3 Å². The second-order valence-electron chi connectivity index (χ2n) is 8.90. The molecule has 0 spiro atoms. The third-order valence-electron chi connectivity index (χ3n) is 4.20. The number of hydrogen-bond acceptors (Lipinski definition) is 3. The molecular weight excluding hydrogens is 356 g/mol. The minimum Gasteiger partial charge on any atom is -0.401 e. The Kier molecular flexibility index (Phi) is 13.9. The summed E-state index contributed by atoms with van der Waals surface area (Å²) in [4.78, 5) is 0. The molecule has 3 heteroatoms. The minimum absolute atomic E-state index is 0.0346. The van der Waals surface area contributed by atoms with E-state index in [-0.39, 0.29) is 17.6 Å². The molecule has 2 unspecified atom stereocenters. The molecule has 2 atom stereocenters. The molecule has 0 radical (unpaired) electrons. The summed E-state index contributed by atoms with van der Waals surface area (Å²) in [5, 5.41) is 3.39. The Balaban J connectivity index is 0.000000828. The van der Waals surface area contributed by atoms with Gasteiger partial charge in [-0.25, -0.2) is 0 Å². The maximum Gasteiger partial charge on any atom is 0.0755 e. The Bertz CT molecular complexity index is 590. The van der Waals surface area contributed by atoms with Crippen molar-refractivity contribution >= 4 is 0 Å². The van der Waals surface area contributed by atoms with Gasteiger partial charge >= 0.3 is 0 Å². The molecule has 0 aliphatic heterocycles. The van der Waals surface area contributed by atoms with E-state index < -0.39 is 0 Å². The average Bonchev–Trinajstić information content (AvgIpc) is 2.60. The highest BCUT2D eigenvalue weighted by molar-refractivity contribution is 5.16. The van der Waals surface area contributed by atoms with Gasteiger partial charge in [0.15, 0.2) is 0 Å². The van der Waals surface area contributed by atoms with E-state index in [9.17, 15) is 0 Å². The highest BCUT2D eigenvalue weighted by Crippen LogP contribution is 2.22. The van der Waals surface area contributed by atoms with Crippen LogP contribution in [0.4, 0.5) is 0 Å². The molecule has 0 aromatic carbocycles. The summed E-state index contributed by atoms with van der Waals surface area (Å²) in [7, 11) is 0. The molecular formula is C26H44N2O. The van der Waals surface area contributed by atoms with E-state index in [1.54, 1.807) is 0 Å². The van der Waals surface area contributed by atoms with E-state index in [4.69, 9.17) is 10.5 Å². The van der Waals surface area contributed by atoms with Crippen molar-refractivity contribution in [3.8, 4) is 0 Å². The molecule has 0 saturated heterocycles. The van der Waals surface area contributed by atoms with Gasteiger partial charge in [0.05, 0.1) is 12.1 Å². The lowest BCUT2D eigenvalue weighted by Gasteiger charge is -2.26. The van der Waals surface area contributed by atoms with Crippen LogP contribution >= 0.6 is 0 Å². The van der Waals surface area contributed by atoms with Crippen LogP contribution in [-0.2, 0) is 4.74 Å². The van der Waals surface area contributed by atoms with Crippen molar-refractivity contribution in [2.24, 2.45) is 11.1 Å². The van der Waals surface area contributed by atoms with Crippen LogP contribution in [-0.4, -0.2) is 18.8 Å². The van der Waals surface area contributed by atoms with Gasteiger partial charge in [0, 0.05) is 18.0 Å². The SMILES string of the molecule is C=C(C)/C=C\C=C/C.C=C(CC(C)(C)C)NC(CCOC1C=CCCC1)C(=C)N. The fraction of sp³-hybridized carbons (Fsp3) is 0.538. The van der Waals surface area contributed by atoms with Crippen LogP contribution in [0.15, 0.2) is 73.2 Å². The van der Waals surface area contributed by atoms with Crippen molar-refractivity contribution in [2.75, 3.05) is 6.61 Å². The lowest BCUT2D eigenvalue weighted by molar-refractivity contribution is 0.0704. The Morgan fingerprint density at radius 3 is 2.45 bits per heavy atom. The molecule has 0 aromatic heterocycles. The fourth-order valence-electron chi connectivity index (χ4n) is 2.88. The summed E-state index contributed by atoms with van der Waals surface area (Å²) in [6.07, 6.45) is 17.8. The smallest absolute Gasteiger partial charge is 0.0755 e. The van der Waals surface area contributed by atoms with E-state index in [2.05, 4.69) is 58.0 Å². The first-order chi connectivity index (χ1) is 13.5. The number of nitrogens with one attached hydrogen (secondary N) is 1. The van der Waals surface area contributed by atoms with Crippen LogP contribution in [0.3, 0.4) is 0 Å². The average molecular weight is 401 g/mol. The van der Waals surface area contributed by atoms with E-state index in [1.165, 1.54) is 12.8 Å². The Morgan fingerprint density at radius 2 is 1.97 bits per heavy atom. The van der Waals surface area contributed by atoms with Gasteiger partial charge in [-0.15, -0.1) is 0 Å². The van der Waals surface area contributed by atoms with Gasteiger partial charge in [-0.3, -0.25) is 0 Å². The summed E-state index contributed by atoms with van der Waals surface area (Å²) < 4.78 is 5.89. The van der Waals surface area contributed by atoms with Gasteiger partial charge in [-0.05, 0) is 51.4 Å².